The molecule has 0 atom stereocenters. The number of allylic oxidation sites excluding steroid dienone is 2. The van der Waals surface area contributed by atoms with Gasteiger partial charge in [-0.15, -0.1) is 0 Å². The minimum Gasteiger partial charge on any atom is -0.397 e. The van der Waals surface area contributed by atoms with Crippen molar-refractivity contribution in [2.24, 2.45) is 0 Å². The van der Waals surface area contributed by atoms with Crippen molar-refractivity contribution in [2.45, 2.75) is 88.4 Å². The van der Waals surface area contributed by atoms with Crippen molar-refractivity contribution < 1.29 is 17.7 Å². The van der Waals surface area contributed by atoms with Crippen LogP contribution in [0.2, 0.25) is 23.2 Å². The van der Waals surface area contributed by atoms with Crippen molar-refractivity contribution in [2.75, 3.05) is 27.4 Å². The number of rotatable bonds is 8. The molecule has 0 bridgehead atoms. The molecule has 2 saturated carbocycles. The van der Waals surface area contributed by atoms with E-state index >= 15 is 0 Å². The Hall–Kier alpha value is 0.0138. The second-order valence-electron chi connectivity index (χ2n) is 7.75. The Morgan fingerprint density at radius 3 is 1.46 bits per heavy atom. The molecule has 3 rings (SSSR count). The summed E-state index contributed by atoms with van der Waals surface area (Å²) in [6.45, 7) is 5.64. The topological polar surface area (TPSA) is 36.9 Å². The molecule has 0 aromatic carbocycles. The summed E-state index contributed by atoms with van der Waals surface area (Å²) in [6.07, 6.45) is 15.3. The maximum absolute atomic E-state index is 5.97. The molecular weight excluding hydrogens is 360 g/mol. The van der Waals surface area contributed by atoms with Crippen LogP contribution in [-0.4, -0.2) is 44.6 Å². The summed E-state index contributed by atoms with van der Waals surface area (Å²) in [7, 11) is 0.170. The van der Waals surface area contributed by atoms with E-state index in [9.17, 15) is 0 Å². The quantitative estimate of drug-likeness (QED) is 0.388. The lowest BCUT2D eigenvalue weighted by Crippen LogP contribution is -2.48. The Labute approximate surface area is 163 Å². The van der Waals surface area contributed by atoms with Crippen molar-refractivity contribution in [3.63, 3.8) is 0 Å². The highest BCUT2D eigenvalue weighted by Gasteiger charge is 2.52. The highest BCUT2D eigenvalue weighted by Crippen LogP contribution is 2.50. The van der Waals surface area contributed by atoms with Crippen molar-refractivity contribution >= 4 is 17.1 Å². The molecule has 0 unspecified atom stereocenters. The van der Waals surface area contributed by atoms with Crippen LogP contribution in [0.4, 0.5) is 0 Å². The molecule has 0 radical (unpaired) electrons. The fourth-order valence-corrected chi connectivity index (χ4v) is 12.6. The molecule has 26 heavy (non-hydrogen) atoms. The molecule has 3 aliphatic rings. The molecule has 152 valence electrons. The minimum atomic E-state index is -1.88. The Kier molecular flexibility index (Phi) is 9.54. The Balaban J connectivity index is 0.000000197. The van der Waals surface area contributed by atoms with E-state index in [1.54, 1.807) is 0 Å². The van der Waals surface area contributed by atoms with E-state index in [-0.39, 0.29) is 0 Å². The lowest BCUT2D eigenvalue weighted by molar-refractivity contribution is 0.190. The van der Waals surface area contributed by atoms with Gasteiger partial charge in [0.1, 0.15) is 0 Å². The molecule has 0 amide bonds. The first kappa shape index (κ1) is 22.3. The highest BCUT2D eigenvalue weighted by molar-refractivity contribution is 6.70. The van der Waals surface area contributed by atoms with Gasteiger partial charge in [0.05, 0.1) is 0 Å². The minimum absolute atomic E-state index is 0.774. The zero-order valence-electron chi connectivity index (χ0n) is 17.4. The summed E-state index contributed by atoms with van der Waals surface area (Å²) in [5.41, 5.74) is 1.55. The van der Waals surface area contributed by atoms with Crippen LogP contribution >= 0.6 is 0 Å². The van der Waals surface area contributed by atoms with Gasteiger partial charge in [0.25, 0.3) is 0 Å². The van der Waals surface area contributed by atoms with Crippen LogP contribution in [0, 0.1) is 0 Å². The van der Waals surface area contributed by atoms with E-state index in [2.05, 4.69) is 12.2 Å². The number of hydrogen-bond acceptors (Lipinski definition) is 4. The van der Waals surface area contributed by atoms with Crippen LogP contribution in [0.3, 0.4) is 0 Å². The first-order valence-electron chi connectivity index (χ1n) is 10.7. The van der Waals surface area contributed by atoms with Crippen molar-refractivity contribution in [3.8, 4) is 0 Å². The summed E-state index contributed by atoms with van der Waals surface area (Å²) < 4.78 is 23.3. The summed E-state index contributed by atoms with van der Waals surface area (Å²) in [6, 6.07) is 2.07. The van der Waals surface area contributed by atoms with Crippen LogP contribution < -0.4 is 0 Å². The van der Waals surface area contributed by atoms with Gasteiger partial charge in [0.15, 0.2) is 0 Å². The molecule has 2 fully saturated rings. The molecule has 0 aromatic heterocycles. The van der Waals surface area contributed by atoms with Crippen LogP contribution in [0.15, 0.2) is 12.2 Å². The van der Waals surface area contributed by atoms with Gasteiger partial charge in [-0.05, 0) is 39.5 Å². The average molecular weight is 401 g/mol. The maximum Gasteiger partial charge on any atom is 0.345 e. The normalized spacial score (nSPS) is 23.4. The average Bonchev–Trinajstić information content (AvgIpc) is 3.41. The third-order valence-electron chi connectivity index (χ3n) is 6.33. The molecule has 1 heterocycles. The van der Waals surface area contributed by atoms with E-state index in [0.717, 1.165) is 36.4 Å². The lowest BCUT2D eigenvalue weighted by Gasteiger charge is -2.37. The number of hydrogen-bond donors (Lipinski definition) is 0. The SMILES string of the molecule is CCO[Si]1(OCC)CC=CC1.CO[Si](OC)(C1CCCC1)C1CCCC1. The molecular formula is C20H40O4Si2. The summed E-state index contributed by atoms with van der Waals surface area (Å²) in [5, 5.41) is 0. The summed E-state index contributed by atoms with van der Waals surface area (Å²) in [4.78, 5) is 0. The Morgan fingerprint density at radius 1 is 0.769 bits per heavy atom. The van der Waals surface area contributed by atoms with Crippen LogP contribution in [0.25, 0.3) is 0 Å². The third kappa shape index (κ3) is 5.29. The first-order chi connectivity index (χ1) is 12.7. The first-order valence-corrected chi connectivity index (χ1v) is 14.9. The van der Waals surface area contributed by atoms with Gasteiger partial charge in [0, 0.05) is 50.6 Å². The standard InChI is InChI=1S/C12H24O2Si.C8H16O2Si/c1-13-15(14-2,11-7-3-4-8-11)12-9-5-6-10-12;1-3-9-11(10-4-2)7-5-6-8-11/h11-12H,3-10H2,1-2H3;5-6H,3-4,7-8H2,1-2H3. The van der Waals surface area contributed by atoms with Gasteiger partial charge in [-0.1, -0.05) is 37.8 Å². The molecule has 0 aromatic rings. The van der Waals surface area contributed by atoms with E-state index < -0.39 is 17.1 Å². The van der Waals surface area contributed by atoms with Gasteiger partial charge in [-0.2, -0.15) is 0 Å². The van der Waals surface area contributed by atoms with Gasteiger partial charge < -0.3 is 17.7 Å². The van der Waals surface area contributed by atoms with Crippen LogP contribution in [0.5, 0.6) is 0 Å². The molecule has 0 saturated heterocycles. The van der Waals surface area contributed by atoms with Crippen molar-refractivity contribution in [1.29, 1.82) is 0 Å². The zero-order valence-corrected chi connectivity index (χ0v) is 19.4. The largest absolute Gasteiger partial charge is 0.397 e. The molecule has 0 spiro atoms. The van der Waals surface area contributed by atoms with Gasteiger partial charge in [-0.3, -0.25) is 0 Å². The van der Waals surface area contributed by atoms with E-state index in [1.807, 2.05) is 28.1 Å². The maximum atomic E-state index is 5.97. The highest BCUT2D eigenvalue weighted by atomic mass is 28.4. The Morgan fingerprint density at radius 2 is 1.15 bits per heavy atom. The van der Waals surface area contributed by atoms with Gasteiger partial charge >= 0.3 is 17.1 Å². The fourth-order valence-electron chi connectivity index (χ4n) is 5.15. The predicted octanol–water partition coefficient (Wildman–Crippen LogP) is 5.68. The Bertz CT molecular complexity index is 380. The second-order valence-corrected chi connectivity index (χ2v) is 14.9. The van der Waals surface area contributed by atoms with Crippen LogP contribution in [0.1, 0.15) is 65.2 Å². The zero-order chi connectivity index (χ0) is 18.9. The smallest absolute Gasteiger partial charge is 0.345 e. The second kappa shape index (κ2) is 11.1. The van der Waals surface area contributed by atoms with Crippen molar-refractivity contribution in [1.82, 2.24) is 0 Å². The van der Waals surface area contributed by atoms with Crippen LogP contribution in [-0.2, 0) is 17.7 Å². The monoisotopic (exact) mass is 400 g/mol. The molecule has 4 nitrogen and oxygen atoms in total. The lowest BCUT2D eigenvalue weighted by atomic mass is 10.3. The van der Waals surface area contributed by atoms with E-state index in [0.29, 0.717) is 0 Å². The van der Waals surface area contributed by atoms with E-state index in [1.165, 1.54) is 51.4 Å². The molecule has 2 aliphatic carbocycles. The van der Waals surface area contributed by atoms with Crippen molar-refractivity contribution in [3.05, 3.63) is 12.2 Å². The molecule has 1 aliphatic heterocycles. The van der Waals surface area contributed by atoms with Gasteiger partial charge in [-0.25, -0.2) is 0 Å². The van der Waals surface area contributed by atoms with Gasteiger partial charge in [0.2, 0.25) is 0 Å². The summed E-state index contributed by atoms with van der Waals surface area (Å²) in [5.74, 6) is 0. The fraction of sp³-hybridized carbons (Fsp3) is 0.900. The predicted molar refractivity (Wildman–Crippen MR) is 112 cm³/mol. The summed E-state index contributed by atoms with van der Waals surface area (Å²) >= 11 is 0. The van der Waals surface area contributed by atoms with E-state index in [4.69, 9.17) is 17.7 Å². The third-order valence-corrected chi connectivity index (χ3v) is 14.4. The molecule has 0 N–H and O–H groups in total. The molecule has 6 heteroatoms.